The Morgan fingerprint density at radius 1 is 0.895 bits per heavy atom. The van der Waals surface area contributed by atoms with Crippen LogP contribution < -0.4 is 14.8 Å². The summed E-state index contributed by atoms with van der Waals surface area (Å²) in [5, 5.41) is 21.1. The van der Waals surface area contributed by atoms with Crippen molar-refractivity contribution in [3.63, 3.8) is 0 Å². The highest BCUT2D eigenvalue weighted by Gasteiger charge is 2.13. The van der Waals surface area contributed by atoms with E-state index in [0.717, 1.165) is 22.6 Å². The molecule has 0 aliphatic carbocycles. The van der Waals surface area contributed by atoms with Crippen molar-refractivity contribution in [3.05, 3.63) is 101 Å². The number of aromatic nitrogens is 2. The Bertz CT molecular complexity index is 1400. The number of amides is 1. The summed E-state index contributed by atoms with van der Waals surface area (Å²) < 4.78 is 16.9. The first-order chi connectivity index (χ1) is 18.6. The molecule has 4 aromatic rings. The second kappa shape index (κ2) is 13.7. The number of carbonyl (C=O) groups is 1. The number of hydrogen-bond acceptors (Lipinski definition) is 8. The number of rotatable bonds is 12. The van der Waals surface area contributed by atoms with Gasteiger partial charge in [-0.15, -0.1) is 10.2 Å². The fourth-order valence-electron chi connectivity index (χ4n) is 3.28. The van der Waals surface area contributed by atoms with Gasteiger partial charge in [-0.3, -0.25) is 10.1 Å². The maximum Gasteiger partial charge on any atom is 0.257 e. The molecule has 3 aromatic carbocycles. The minimum absolute atomic E-state index is 0.285. The lowest BCUT2D eigenvalue weighted by molar-refractivity contribution is 0.0764. The Hall–Kier alpha value is -4.52. The number of nitrogens with one attached hydrogen (secondary N) is 1. The van der Waals surface area contributed by atoms with E-state index in [-0.39, 0.29) is 5.91 Å². The number of aryl methyl sites for hydroxylation is 1. The molecule has 38 heavy (non-hydrogen) atoms. The van der Waals surface area contributed by atoms with E-state index >= 15 is 0 Å². The number of benzene rings is 3. The summed E-state index contributed by atoms with van der Waals surface area (Å²) in [6, 6.07) is 26.2. The predicted molar refractivity (Wildman–Crippen MR) is 147 cm³/mol. The molecule has 1 heterocycles. The quantitative estimate of drug-likeness (QED) is 0.188. The highest BCUT2D eigenvalue weighted by molar-refractivity contribution is 7.16. The minimum Gasteiger partial charge on any atom is -0.491 e. The number of hydrogen-bond donors (Lipinski definition) is 1. The Balaban J connectivity index is 1.21. The SMILES string of the molecule is Cc1ccc(OCCOCCOc2ccc(C=C(C#N)c3nnc(NC(=O)c4ccccc4)s3)cc2)cc1. The first-order valence-electron chi connectivity index (χ1n) is 11.9. The summed E-state index contributed by atoms with van der Waals surface area (Å²) in [5.74, 6) is 1.24. The van der Waals surface area contributed by atoms with Crippen molar-refractivity contribution >= 4 is 34.0 Å². The number of ether oxygens (including phenoxy) is 3. The van der Waals surface area contributed by atoms with Gasteiger partial charge in [-0.05, 0) is 55.0 Å². The standard InChI is InChI=1S/C29H26N4O4S/c1-21-7-11-25(12-8-21)36-17-15-35-16-18-37-26-13-9-22(10-14-26)19-24(20-30)28-32-33-29(38-28)31-27(34)23-5-3-2-4-6-23/h2-14,19H,15-18H2,1H3,(H,31,33,34). The monoisotopic (exact) mass is 526 g/mol. The Morgan fingerprint density at radius 2 is 1.53 bits per heavy atom. The molecule has 8 nitrogen and oxygen atoms in total. The number of allylic oxidation sites excluding steroid dienone is 1. The molecule has 0 bridgehead atoms. The van der Waals surface area contributed by atoms with E-state index in [0.29, 0.717) is 53.5 Å². The van der Waals surface area contributed by atoms with Gasteiger partial charge in [0.05, 0.1) is 18.8 Å². The van der Waals surface area contributed by atoms with Gasteiger partial charge in [-0.1, -0.05) is 59.4 Å². The zero-order chi connectivity index (χ0) is 26.6. The zero-order valence-electron chi connectivity index (χ0n) is 20.8. The van der Waals surface area contributed by atoms with Gasteiger partial charge < -0.3 is 14.2 Å². The predicted octanol–water partition coefficient (Wildman–Crippen LogP) is 5.64. The summed E-state index contributed by atoms with van der Waals surface area (Å²) >= 11 is 1.14. The summed E-state index contributed by atoms with van der Waals surface area (Å²) in [4.78, 5) is 12.3. The van der Waals surface area contributed by atoms with Crippen LogP contribution in [0.2, 0.25) is 0 Å². The smallest absolute Gasteiger partial charge is 0.257 e. The van der Waals surface area contributed by atoms with Crippen molar-refractivity contribution in [3.8, 4) is 17.6 Å². The van der Waals surface area contributed by atoms with Crippen molar-refractivity contribution in [2.75, 3.05) is 31.7 Å². The van der Waals surface area contributed by atoms with Crippen LogP contribution in [0, 0.1) is 18.3 Å². The van der Waals surface area contributed by atoms with Crippen molar-refractivity contribution in [2.24, 2.45) is 0 Å². The second-order valence-electron chi connectivity index (χ2n) is 8.09. The molecular formula is C29H26N4O4S. The molecule has 1 amide bonds. The molecule has 1 N–H and O–H groups in total. The molecule has 0 aliphatic heterocycles. The van der Waals surface area contributed by atoms with E-state index in [9.17, 15) is 10.1 Å². The maximum absolute atomic E-state index is 12.3. The van der Waals surface area contributed by atoms with Crippen LogP contribution in [0.3, 0.4) is 0 Å². The molecule has 0 saturated carbocycles. The lowest BCUT2D eigenvalue weighted by Crippen LogP contribution is -2.12. The van der Waals surface area contributed by atoms with Crippen LogP contribution in [0.4, 0.5) is 5.13 Å². The van der Waals surface area contributed by atoms with E-state index in [4.69, 9.17) is 14.2 Å². The molecule has 0 spiro atoms. The van der Waals surface area contributed by atoms with Gasteiger partial charge in [0, 0.05) is 5.56 Å². The first-order valence-corrected chi connectivity index (χ1v) is 12.7. The van der Waals surface area contributed by atoms with E-state index in [1.807, 2.05) is 61.5 Å². The third kappa shape index (κ3) is 8.00. The van der Waals surface area contributed by atoms with Crippen molar-refractivity contribution < 1.29 is 19.0 Å². The summed E-state index contributed by atoms with van der Waals surface area (Å²) in [6.45, 7) is 3.83. The van der Waals surface area contributed by atoms with Gasteiger partial charge in [0.15, 0.2) is 5.01 Å². The fourth-order valence-corrected chi connectivity index (χ4v) is 3.99. The zero-order valence-corrected chi connectivity index (χ0v) is 21.6. The molecule has 0 aliphatic rings. The van der Waals surface area contributed by atoms with E-state index in [1.165, 1.54) is 5.56 Å². The first kappa shape index (κ1) is 26.5. The molecule has 0 atom stereocenters. The van der Waals surface area contributed by atoms with Crippen LogP contribution in [0.25, 0.3) is 11.6 Å². The lowest BCUT2D eigenvalue weighted by atomic mass is 10.1. The van der Waals surface area contributed by atoms with Gasteiger partial charge in [0.1, 0.15) is 30.8 Å². The molecule has 0 unspecified atom stereocenters. The fraction of sp³-hybridized carbons (Fsp3) is 0.172. The maximum atomic E-state index is 12.3. The van der Waals surface area contributed by atoms with Crippen LogP contribution in [0.15, 0.2) is 78.9 Å². The van der Waals surface area contributed by atoms with Gasteiger partial charge in [-0.25, -0.2) is 0 Å². The highest BCUT2D eigenvalue weighted by atomic mass is 32.1. The summed E-state index contributed by atoms with van der Waals surface area (Å²) in [6.07, 6.45) is 1.71. The second-order valence-corrected chi connectivity index (χ2v) is 9.07. The van der Waals surface area contributed by atoms with Gasteiger partial charge >= 0.3 is 0 Å². The average molecular weight is 527 g/mol. The number of nitrogens with zero attached hydrogens (tertiary/aromatic N) is 3. The third-order valence-corrected chi connectivity index (χ3v) is 6.11. The molecular weight excluding hydrogens is 500 g/mol. The van der Waals surface area contributed by atoms with Crippen LogP contribution in [0.1, 0.15) is 26.5 Å². The minimum atomic E-state index is -0.285. The Kier molecular flexibility index (Phi) is 9.56. The summed E-state index contributed by atoms with van der Waals surface area (Å²) in [7, 11) is 0. The van der Waals surface area contributed by atoms with Gasteiger partial charge in [0.2, 0.25) is 5.13 Å². The van der Waals surface area contributed by atoms with Crippen LogP contribution in [0.5, 0.6) is 11.5 Å². The van der Waals surface area contributed by atoms with Crippen molar-refractivity contribution in [1.29, 1.82) is 5.26 Å². The van der Waals surface area contributed by atoms with Crippen molar-refractivity contribution in [1.82, 2.24) is 10.2 Å². The molecule has 9 heteroatoms. The van der Waals surface area contributed by atoms with Crippen LogP contribution in [-0.4, -0.2) is 42.5 Å². The van der Waals surface area contributed by atoms with Gasteiger partial charge in [-0.2, -0.15) is 5.26 Å². The van der Waals surface area contributed by atoms with Crippen LogP contribution >= 0.6 is 11.3 Å². The number of carbonyl (C=O) groups excluding carboxylic acids is 1. The number of nitriles is 1. The average Bonchev–Trinajstić information content (AvgIpc) is 3.41. The summed E-state index contributed by atoms with van der Waals surface area (Å²) in [5.41, 5.74) is 2.86. The van der Waals surface area contributed by atoms with Gasteiger partial charge in [0.25, 0.3) is 5.91 Å². The van der Waals surface area contributed by atoms with E-state index in [2.05, 4.69) is 21.6 Å². The van der Waals surface area contributed by atoms with Crippen molar-refractivity contribution in [2.45, 2.75) is 6.92 Å². The molecule has 4 rings (SSSR count). The van der Waals surface area contributed by atoms with E-state index < -0.39 is 0 Å². The highest BCUT2D eigenvalue weighted by Crippen LogP contribution is 2.25. The topological polar surface area (TPSA) is 106 Å². The third-order valence-electron chi connectivity index (χ3n) is 5.24. The Labute approximate surface area is 225 Å². The molecule has 0 saturated heterocycles. The normalized spacial score (nSPS) is 11.0. The Morgan fingerprint density at radius 3 is 2.16 bits per heavy atom. The number of anilines is 1. The molecule has 0 radical (unpaired) electrons. The molecule has 1 aromatic heterocycles. The van der Waals surface area contributed by atoms with Crippen LogP contribution in [-0.2, 0) is 4.74 Å². The largest absolute Gasteiger partial charge is 0.491 e. The van der Waals surface area contributed by atoms with E-state index in [1.54, 1.807) is 30.3 Å². The lowest BCUT2D eigenvalue weighted by Gasteiger charge is -2.09. The molecule has 0 fully saturated rings. The molecule has 192 valence electrons.